The summed E-state index contributed by atoms with van der Waals surface area (Å²) in [6, 6.07) is 9.00. The van der Waals surface area contributed by atoms with Gasteiger partial charge >= 0.3 is 5.97 Å². The van der Waals surface area contributed by atoms with E-state index < -0.39 is 16.0 Å². The highest BCUT2D eigenvalue weighted by molar-refractivity contribution is 7.89. The van der Waals surface area contributed by atoms with Crippen molar-refractivity contribution in [2.45, 2.75) is 18.0 Å². The van der Waals surface area contributed by atoms with Crippen LogP contribution in [0, 0.1) is 0 Å². The predicted octanol–water partition coefficient (Wildman–Crippen LogP) is 3.10. The Balaban J connectivity index is 1.92. The number of carbonyl (C=O) groups excluding carboxylic acids is 1. The van der Waals surface area contributed by atoms with Gasteiger partial charge in [-0.15, -0.1) is 0 Å². The zero-order chi connectivity index (χ0) is 19.4. The van der Waals surface area contributed by atoms with E-state index in [2.05, 4.69) is 9.72 Å². The van der Waals surface area contributed by atoms with Crippen molar-refractivity contribution in [1.82, 2.24) is 9.29 Å². The van der Waals surface area contributed by atoms with Crippen molar-refractivity contribution < 1.29 is 26.8 Å². The molecule has 8 nitrogen and oxygen atoms in total. The van der Waals surface area contributed by atoms with Crippen LogP contribution in [0.1, 0.15) is 22.1 Å². The fourth-order valence-electron chi connectivity index (χ4n) is 2.31. The van der Waals surface area contributed by atoms with Gasteiger partial charge in [-0.25, -0.2) is 18.2 Å². The van der Waals surface area contributed by atoms with E-state index in [1.54, 1.807) is 12.1 Å². The average Bonchev–Trinajstić information content (AvgIpc) is 3.33. The van der Waals surface area contributed by atoms with Gasteiger partial charge in [0.2, 0.25) is 15.8 Å². The Morgan fingerprint density at radius 1 is 1.19 bits per heavy atom. The third-order valence-corrected chi connectivity index (χ3v) is 5.63. The highest BCUT2D eigenvalue weighted by atomic mass is 35.5. The Morgan fingerprint density at radius 2 is 1.96 bits per heavy atom. The molecular formula is C17H15ClN2O6S. The first kappa shape index (κ1) is 19.2. The Hall–Kier alpha value is -2.62. The zero-order valence-corrected chi connectivity index (χ0v) is 15.7. The molecule has 0 atom stereocenters. The third kappa shape index (κ3) is 4.38. The van der Waals surface area contributed by atoms with Crippen LogP contribution >= 0.6 is 11.6 Å². The quantitative estimate of drug-likeness (QED) is 0.435. The van der Waals surface area contributed by atoms with Crippen LogP contribution in [0.3, 0.4) is 0 Å². The molecule has 0 unspecified atom stereocenters. The number of methoxy groups -OCH3 is 1. The summed E-state index contributed by atoms with van der Waals surface area (Å²) >= 11 is 5.74. The Labute approximate surface area is 160 Å². The third-order valence-electron chi connectivity index (χ3n) is 3.63. The molecule has 0 aliphatic heterocycles. The first-order valence-corrected chi connectivity index (χ1v) is 9.53. The van der Waals surface area contributed by atoms with E-state index in [0.29, 0.717) is 5.76 Å². The van der Waals surface area contributed by atoms with E-state index >= 15 is 0 Å². The summed E-state index contributed by atoms with van der Waals surface area (Å²) in [5.41, 5.74) is 0. The summed E-state index contributed by atoms with van der Waals surface area (Å²) in [5, 5.41) is 0.181. The average molecular weight is 411 g/mol. The number of furan rings is 2. The molecule has 0 N–H and O–H groups in total. The minimum atomic E-state index is -3.93. The molecule has 0 radical (unpaired) electrons. The molecule has 0 saturated carbocycles. The number of pyridine rings is 1. The normalized spacial score (nSPS) is 11.7. The maximum atomic E-state index is 13.0. The van der Waals surface area contributed by atoms with Gasteiger partial charge in [-0.1, -0.05) is 11.6 Å². The number of halogens is 1. The number of ether oxygens (including phenoxy) is 1. The molecule has 0 amide bonds. The largest absolute Gasteiger partial charge is 0.468 e. The molecule has 3 heterocycles. The first-order valence-electron chi connectivity index (χ1n) is 7.71. The lowest BCUT2D eigenvalue weighted by atomic mass is 10.4. The Morgan fingerprint density at radius 3 is 2.59 bits per heavy atom. The van der Waals surface area contributed by atoms with Gasteiger partial charge < -0.3 is 13.6 Å². The van der Waals surface area contributed by atoms with Crippen LogP contribution in [0.5, 0.6) is 0 Å². The lowest BCUT2D eigenvalue weighted by molar-refractivity contribution is 0.0562. The van der Waals surface area contributed by atoms with Crippen molar-refractivity contribution >= 4 is 27.6 Å². The summed E-state index contributed by atoms with van der Waals surface area (Å²) in [6.07, 6.45) is 2.63. The SMILES string of the molecule is COC(=O)c1ccc(CN(Cc2ccco2)S(=O)(=O)c2ccc(Cl)nc2)o1. The summed E-state index contributed by atoms with van der Waals surface area (Å²) in [4.78, 5) is 15.3. The molecule has 3 rings (SSSR count). The van der Waals surface area contributed by atoms with Crippen LogP contribution in [0.4, 0.5) is 0 Å². The molecule has 0 aromatic carbocycles. The zero-order valence-electron chi connectivity index (χ0n) is 14.2. The van der Waals surface area contributed by atoms with Gasteiger partial charge in [-0.05, 0) is 36.4 Å². The number of rotatable bonds is 7. The van der Waals surface area contributed by atoms with Crippen molar-refractivity contribution in [3.63, 3.8) is 0 Å². The van der Waals surface area contributed by atoms with Gasteiger partial charge in [0, 0.05) is 6.20 Å². The van der Waals surface area contributed by atoms with Crippen molar-refractivity contribution in [1.29, 1.82) is 0 Å². The van der Waals surface area contributed by atoms with E-state index in [4.69, 9.17) is 20.4 Å². The van der Waals surface area contributed by atoms with Gasteiger partial charge in [0.05, 0.1) is 26.5 Å². The highest BCUT2D eigenvalue weighted by Crippen LogP contribution is 2.23. The minimum absolute atomic E-state index is 0.0176. The molecule has 0 aliphatic rings. The monoisotopic (exact) mass is 410 g/mol. The van der Waals surface area contributed by atoms with Crippen molar-refractivity contribution in [2.24, 2.45) is 0 Å². The van der Waals surface area contributed by atoms with E-state index in [1.807, 2.05) is 0 Å². The van der Waals surface area contributed by atoms with Crippen LogP contribution < -0.4 is 0 Å². The van der Waals surface area contributed by atoms with Crippen LogP contribution in [-0.4, -0.2) is 30.8 Å². The molecule has 10 heteroatoms. The number of sulfonamides is 1. The molecule has 3 aromatic heterocycles. The molecule has 0 saturated heterocycles. The van der Waals surface area contributed by atoms with Crippen LogP contribution in [0.2, 0.25) is 5.15 Å². The Bertz CT molecular complexity index is 1010. The van der Waals surface area contributed by atoms with Gasteiger partial charge in [0.1, 0.15) is 21.6 Å². The van der Waals surface area contributed by atoms with Crippen LogP contribution in [-0.2, 0) is 27.8 Å². The number of hydrogen-bond donors (Lipinski definition) is 0. The maximum Gasteiger partial charge on any atom is 0.373 e. The van der Waals surface area contributed by atoms with Gasteiger partial charge in [0.15, 0.2) is 0 Å². The molecular weight excluding hydrogens is 396 g/mol. The molecule has 3 aromatic rings. The van der Waals surface area contributed by atoms with Gasteiger partial charge in [0.25, 0.3) is 0 Å². The van der Waals surface area contributed by atoms with E-state index in [-0.39, 0.29) is 34.7 Å². The predicted molar refractivity (Wildman–Crippen MR) is 94.4 cm³/mol. The smallest absolute Gasteiger partial charge is 0.373 e. The molecule has 0 bridgehead atoms. The lowest BCUT2D eigenvalue weighted by Gasteiger charge is -2.20. The number of nitrogens with zero attached hydrogens (tertiary/aromatic N) is 2. The number of esters is 1. The standard InChI is InChI=1S/C17H15ClN2O6S/c1-24-17(21)15-6-4-13(26-15)11-20(10-12-3-2-8-25-12)27(22,23)14-5-7-16(18)19-9-14/h2-9H,10-11H2,1H3. The Kier molecular flexibility index (Phi) is 5.64. The van der Waals surface area contributed by atoms with E-state index in [0.717, 1.165) is 4.31 Å². The second kappa shape index (κ2) is 7.95. The van der Waals surface area contributed by atoms with E-state index in [9.17, 15) is 13.2 Å². The second-order valence-corrected chi connectivity index (χ2v) is 7.75. The second-order valence-electron chi connectivity index (χ2n) is 5.43. The molecule has 0 fully saturated rings. The van der Waals surface area contributed by atoms with E-state index in [1.165, 1.54) is 43.8 Å². The molecule has 0 aliphatic carbocycles. The summed E-state index contributed by atoms with van der Waals surface area (Å²) in [5.74, 6) is 0.0484. The first-order chi connectivity index (χ1) is 12.9. The number of hydrogen-bond acceptors (Lipinski definition) is 7. The molecule has 142 valence electrons. The molecule has 0 spiro atoms. The summed E-state index contributed by atoms with van der Waals surface area (Å²) in [7, 11) is -2.70. The van der Waals surface area contributed by atoms with Gasteiger partial charge in [-0.3, -0.25) is 0 Å². The summed E-state index contributed by atoms with van der Waals surface area (Å²) in [6.45, 7) is -0.158. The lowest BCUT2D eigenvalue weighted by Crippen LogP contribution is -2.30. The van der Waals surface area contributed by atoms with Crippen LogP contribution in [0.25, 0.3) is 0 Å². The summed E-state index contributed by atoms with van der Waals surface area (Å²) < 4.78 is 42.5. The number of carbonyl (C=O) groups is 1. The highest BCUT2D eigenvalue weighted by Gasteiger charge is 2.27. The fourth-order valence-corrected chi connectivity index (χ4v) is 3.74. The van der Waals surface area contributed by atoms with Crippen molar-refractivity contribution in [3.8, 4) is 0 Å². The fraction of sp³-hybridized carbons (Fsp3) is 0.176. The maximum absolute atomic E-state index is 13.0. The van der Waals surface area contributed by atoms with Crippen LogP contribution in [0.15, 0.2) is 62.6 Å². The topological polar surface area (TPSA) is 103 Å². The molecule has 27 heavy (non-hydrogen) atoms. The van der Waals surface area contributed by atoms with Crippen molar-refractivity contribution in [3.05, 3.63) is 71.3 Å². The number of aromatic nitrogens is 1. The van der Waals surface area contributed by atoms with Gasteiger partial charge in [-0.2, -0.15) is 4.31 Å². The van der Waals surface area contributed by atoms with Crippen molar-refractivity contribution in [2.75, 3.05) is 7.11 Å². The minimum Gasteiger partial charge on any atom is -0.468 e.